The lowest BCUT2D eigenvalue weighted by Gasteiger charge is -2.33. The molecule has 0 aliphatic carbocycles. The van der Waals surface area contributed by atoms with Crippen LogP contribution >= 0.6 is 0 Å². The van der Waals surface area contributed by atoms with E-state index in [0.29, 0.717) is 0 Å². The van der Waals surface area contributed by atoms with Crippen molar-refractivity contribution in [3.8, 4) is 0 Å². The highest BCUT2D eigenvalue weighted by molar-refractivity contribution is 5.65. The third-order valence-corrected chi connectivity index (χ3v) is 3.32. The molecular weight excluding hydrogens is 244 g/mol. The number of ether oxygens (including phenoxy) is 1. The Kier molecular flexibility index (Phi) is 4.27. The van der Waals surface area contributed by atoms with E-state index in [1.807, 2.05) is 25.1 Å². The molecule has 1 aliphatic rings. The lowest BCUT2D eigenvalue weighted by Crippen LogP contribution is -2.41. The molecule has 2 atom stereocenters. The Hall–Kier alpha value is -1.75. The molecule has 1 aliphatic heterocycles. The minimum absolute atomic E-state index is 0.212. The van der Waals surface area contributed by atoms with Crippen LogP contribution in [-0.2, 0) is 4.74 Å². The summed E-state index contributed by atoms with van der Waals surface area (Å²) in [5.41, 5.74) is 2.09. The number of nitrogens with zero attached hydrogens (tertiary/aromatic N) is 1. The van der Waals surface area contributed by atoms with Crippen molar-refractivity contribution in [2.24, 2.45) is 0 Å². The van der Waals surface area contributed by atoms with Crippen molar-refractivity contribution in [3.63, 3.8) is 0 Å². The highest BCUT2D eigenvalue weighted by Crippen LogP contribution is 2.22. The Balaban J connectivity index is 2.12. The number of nitrogens with one attached hydrogen (secondary N) is 1. The third-order valence-electron chi connectivity index (χ3n) is 3.32. The highest BCUT2D eigenvalue weighted by Gasteiger charge is 2.18. The summed E-state index contributed by atoms with van der Waals surface area (Å²) >= 11 is 0. The van der Waals surface area contributed by atoms with Gasteiger partial charge < -0.3 is 20.1 Å². The maximum atomic E-state index is 10.7. The van der Waals surface area contributed by atoms with E-state index in [0.717, 1.165) is 30.9 Å². The second kappa shape index (κ2) is 5.93. The second-order valence-corrected chi connectivity index (χ2v) is 4.89. The number of rotatable bonds is 3. The summed E-state index contributed by atoms with van der Waals surface area (Å²) in [5, 5.41) is 11.2. The molecule has 1 amide bonds. The fraction of sp³-hybridized carbons (Fsp3) is 0.500. The Labute approximate surface area is 113 Å². The van der Waals surface area contributed by atoms with Gasteiger partial charge in [-0.1, -0.05) is 12.1 Å². The van der Waals surface area contributed by atoms with Gasteiger partial charge in [0.1, 0.15) is 0 Å². The van der Waals surface area contributed by atoms with E-state index in [2.05, 4.69) is 23.2 Å². The number of carbonyl (C=O) groups is 1. The topological polar surface area (TPSA) is 61.8 Å². The van der Waals surface area contributed by atoms with Gasteiger partial charge in [0.05, 0.1) is 18.8 Å². The normalized spacial score (nSPS) is 20.9. The molecule has 1 aromatic rings. The van der Waals surface area contributed by atoms with E-state index in [1.165, 1.54) is 0 Å². The van der Waals surface area contributed by atoms with E-state index in [4.69, 9.17) is 9.84 Å². The van der Waals surface area contributed by atoms with Gasteiger partial charge >= 0.3 is 6.09 Å². The van der Waals surface area contributed by atoms with Gasteiger partial charge in [0, 0.05) is 18.8 Å². The van der Waals surface area contributed by atoms with Crippen LogP contribution in [0.5, 0.6) is 0 Å². The summed E-state index contributed by atoms with van der Waals surface area (Å²) in [6.07, 6.45) is -0.773. The summed E-state index contributed by atoms with van der Waals surface area (Å²) in [4.78, 5) is 12.9. The fourth-order valence-corrected chi connectivity index (χ4v) is 2.31. The monoisotopic (exact) mass is 264 g/mol. The van der Waals surface area contributed by atoms with E-state index >= 15 is 0 Å². The van der Waals surface area contributed by atoms with Crippen molar-refractivity contribution in [3.05, 3.63) is 29.8 Å². The average molecular weight is 264 g/mol. The first-order valence-electron chi connectivity index (χ1n) is 6.52. The maximum Gasteiger partial charge on any atom is 0.405 e. The molecule has 0 spiro atoms. The van der Waals surface area contributed by atoms with Crippen LogP contribution in [-0.4, -0.2) is 37.0 Å². The Morgan fingerprint density at radius 2 is 2.37 bits per heavy atom. The molecule has 0 bridgehead atoms. The fourth-order valence-electron chi connectivity index (χ4n) is 2.31. The maximum absolute atomic E-state index is 10.7. The first kappa shape index (κ1) is 13.7. The van der Waals surface area contributed by atoms with Gasteiger partial charge in [-0.2, -0.15) is 0 Å². The number of carboxylic acid groups (broad SMARTS) is 1. The van der Waals surface area contributed by atoms with E-state index in [-0.39, 0.29) is 12.1 Å². The quantitative estimate of drug-likeness (QED) is 0.879. The van der Waals surface area contributed by atoms with Crippen LogP contribution in [0.2, 0.25) is 0 Å². The highest BCUT2D eigenvalue weighted by atomic mass is 16.5. The zero-order valence-electron chi connectivity index (χ0n) is 11.3. The van der Waals surface area contributed by atoms with Crippen LogP contribution in [0.15, 0.2) is 24.3 Å². The molecule has 0 radical (unpaired) electrons. The van der Waals surface area contributed by atoms with Gasteiger partial charge in [0.15, 0.2) is 0 Å². The minimum atomic E-state index is -1.00. The molecule has 19 heavy (non-hydrogen) atoms. The van der Waals surface area contributed by atoms with Gasteiger partial charge in [-0.15, -0.1) is 0 Å². The Morgan fingerprint density at radius 3 is 3.05 bits per heavy atom. The number of benzene rings is 1. The molecule has 2 unspecified atom stereocenters. The molecule has 1 heterocycles. The molecular formula is C14H20N2O3. The van der Waals surface area contributed by atoms with Crippen LogP contribution in [0.4, 0.5) is 10.5 Å². The summed E-state index contributed by atoms with van der Waals surface area (Å²) in [7, 11) is 0. The predicted molar refractivity (Wildman–Crippen MR) is 73.6 cm³/mol. The summed E-state index contributed by atoms with van der Waals surface area (Å²) in [5.74, 6) is 0. The summed E-state index contributed by atoms with van der Waals surface area (Å²) in [6.45, 7) is 6.37. The lowest BCUT2D eigenvalue weighted by molar-refractivity contribution is 0.0532. The molecule has 0 aromatic heterocycles. The van der Waals surface area contributed by atoms with Crippen molar-refractivity contribution < 1.29 is 14.6 Å². The molecule has 2 N–H and O–H groups in total. The van der Waals surface area contributed by atoms with Crippen LogP contribution in [0.25, 0.3) is 0 Å². The van der Waals surface area contributed by atoms with Gasteiger partial charge in [0.25, 0.3) is 0 Å². The number of hydrogen-bond acceptors (Lipinski definition) is 3. The standard InChI is InChI=1S/C14H20N2O3/c1-10-9-16(6-7-19-10)13-5-3-4-12(8-13)11(2)15-14(17)18/h3-5,8,10-11,15H,6-7,9H2,1-2H3,(H,17,18). The smallest absolute Gasteiger partial charge is 0.405 e. The van der Waals surface area contributed by atoms with Crippen molar-refractivity contribution in [2.45, 2.75) is 26.0 Å². The van der Waals surface area contributed by atoms with Gasteiger partial charge in [-0.05, 0) is 31.5 Å². The summed E-state index contributed by atoms with van der Waals surface area (Å²) < 4.78 is 5.53. The van der Waals surface area contributed by atoms with Gasteiger partial charge in [0.2, 0.25) is 0 Å². The number of amides is 1. The molecule has 2 rings (SSSR count). The molecule has 5 heteroatoms. The average Bonchev–Trinajstić information content (AvgIpc) is 2.38. The number of morpholine rings is 1. The van der Waals surface area contributed by atoms with Crippen molar-refractivity contribution in [2.75, 3.05) is 24.6 Å². The van der Waals surface area contributed by atoms with Crippen LogP contribution in [0, 0.1) is 0 Å². The number of hydrogen-bond donors (Lipinski definition) is 2. The molecule has 104 valence electrons. The largest absolute Gasteiger partial charge is 0.465 e. The van der Waals surface area contributed by atoms with Crippen LogP contribution in [0.3, 0.4) is 0 Å². The van der Waals surface area contributed by atoms with E-state index in [9.17, 15) is 4.79 Å². The SMILES string of the molecule is CC1CN(c2cccc(C(C)NC(=O)O)c2)CCO1. The Bertz CT molecular complexity index is 450. The van der Waals surface area contributed by atoms with Crippen molar-refractivity contribution in [1.82, 2.24) is 5.32 Å². The molecule has 5 nitrogen and oxygen atoms in total. The van der Waals surface area contributed by atoms with Gasteiger partial charge in [-0.3, -0.25) is 0 Å². The van der Waals surface area contributed by atoms with E-state index in [1.54, 1.807) is 0 Å². The molecule has 1 fully saturated rings. The van der Waals surface area contributed by atoms with Gasteiger partial charge in [-0.25, -0.2) is 4.79 Å². The minimum Gasteiger partial charge on any atom is -0.465 e. The van der Waals surface area contributed by atoms with Crippen LogP contribution in [0.1, 0.15) is 25.5 Å². The van der Waals surface area contributed by atoms with Crippen LogP contribution < -0.4 is 10.2 Å². The molecule has 1 saturated heterocycles. The van der Waals surface area contributed by atoms with Crippen molar-refractivity contribution >= 4 is 11.8 Å². The van der Waals surface area contributed by atoms with Crippen molar-refractivity contribution in [1.29, 1.82) is 0 Å². The lowest BCUT2D eigenvalue weighted by atomic mass is 10.1. The first-order chi connectivity index (χ1) is 9.06. The third kappa shape index (κ3) is 3.61. The second-order valence-electron chi connectivity index (χ2n) is 4.89. The Morgan fingerprint density at radius 1 is 1.58 bits per heavy atom. The first-order valence-corrected chi connectivity index (χ1v) is 6.52. The zero-order chi connectivity index (χ0) is 13.8. The molecule has 1 aromatic carbocycles. The van der Waals surface area contributed by atoms with E-state index < -0.39 is 6.09 Å². The summed E-state index contributed by atoms with van der Waals surface area (Å²) in [6, 6.07) is 7.78. The zero-order valence-corrected chi connectivity index (χ0v) is 11.3. The predicted octanol–water partition coefficient (Wildman–Crippen LogP) is 2.24. The molecule has 0 saturated carbocycles. The number of anilines is 1.